The van der Waals surface area contributed by atoms with Crippen molar-refractivity contribution in [3.05, 3.63) is 18.2 Å². The van der Waals surface area contributed by atoms with Crippen LogP contribution >= 0.6 is 0 Å². The van der Waals surface area contributed by atoms with E-state index in [2.05, 4.69) is 14.5 Å². The van der Waals surface area contributed by atoms with Crippen LogP contribution in [0.2, 0.25) is 0 Å². The first-order valence-electron chi connectivity index (χ1n) is 6.21. The van der Waals surface area contributed by atoms with Crippen LogP contribution in [-0.2, 0) is 17.8 Å². The van der Waals surface area contributed by atoms with Crippen molar-refractivity contribution in [1.82, 2.24) is 14.5 Å². The Hall–Kier alpha value is -0.870. The standard InChI is InChI=1S/C12H19N3O/c1(11-2-6-16-9-11)3-14-4-5-15-10-13-7-12(15)8-14/h7,10-11H,1-6,8-9H2. The average molecular weight is 221 g/mol. The van der Waals surface area contributed by atoms with Gasteiger partial charge in [-0.2, -0.15) is 0 Å². The largest absolute Gasteiger partial charge is 0.381 e. The molecule has 0 bridgehead atoms. The second-order valence-electron chi connectivity index (χ2n) is 4.87. The van der Waals surface area contributed by atoms with Gasteiger partial charge in [-0.05, 0) is 25.3 Å². The maximum absolute atomic E-state index is 5.41. The Bertz CT molecular complexity index is 344. The molecule has 0 N–H and O–H groups in total. The molecule has 3 rings (SSSR count). The van der Waals surface area contributed by atoms with Crippen LogP contribution in [0.3, 0.4) is 0 Å². The van der Waals surface area contributed by atoms with Gasteiger partial charge in [0.25, 0.3) is 0 Å². The molecule has 0 saturated carbocycles. The van der Waals surface area contributed by atoms with Gasteiger partial charge in [-0.15, -0.1) is 0 Å². The molecular weight excluding hydrogens is 202 g/mol. The summed E-state index contributed by atoms with van der Waals surface area (Å²) in [6.45, 7) is 6.48. The van der Waals surface area contributed by atoms with Crippen LogP contribution in [0.4, 0.5) is 0 Å². The Morgan fingerprint density at radius 2 is 2.44 bits per heavy atom. The molecule has 3 heterocycles. The molecular formula is C12H19N3O. The van der Waals surface area contributed by atoms with E-state index in [1.165, 1.54) is 25.1 Å². The third kappa shape index (κ3) is 2.13. The lowest BCUT2D eigenvalue weighted by atomic mass is 10.0. The van der Waals surface area contributed by atoms with E-state index in [0.29, 0.717) is 0 Å². The van der Waals surface area contributed by atoms with Crippen molar-refractivity contribution in [3.8, 4) is 0 Å². The molecule has 4 heteroatoms. The van der Waals surface area contributed by atoms with Crippen LogP contribution in [0.1, 0.15) is 18.5 Å². The topological polar surface area (TPSA) is 30.3 Å². The summed E-state index contributed by atoms with van der Waals surface area (Å²) in [6.07, 6.45) is 6.47. The van der Waals surface area contributed by atoms with Crippen molar-refractivity contribution in [2.75, 3.05) is 26.3 Å². The first-order valence-corrected chi connectivity index (χ1v) is 6.21. The van der Waals surface area contributed by atoms with Gasteiger partial charge in [0, 0.05) is 39.0 Å². The molecule has 2 aliphatic rings. The highest BCUT2D eigenvalue weighted by molar-refractivity contribution is 5.00. The quantitative estimate of drug-likeness (QED) is 0.766. The van der Waals surface area contributed by atoms with E-state index in [4.69, 9.17) is 4.74 Å². The molecule has 0 amide bonds. The zero-order valence-corrected chi connectivity index (χ0v) is 9.64. The second-order valence-corrected chi connectivity index (χ2v) is 4.87. The minimum Gasteiger partial charge on any atom is -0.381 e. The van der Waals surface area contributed by atoms with Crippen LogP contribution in [0.15, 0.2) is 12.5 Å². The average Bonchev–Trinajstić information content (AvgIpc) is 2.97. The van der Waals surface area contributed by atoms with Crippen molar-refractivity contribution in [1.29, 1.82) is 0 Å². The van der Waals surface area contributed by atoms with Gasteiger partial charge >= 0.3 is 0 Å². The lowest BCUT2D eigenvalue weighted by Crippen LogP contribution is -2.34. The van der Waals surface area contributed by atoms with Crippen LogP contribution < -0.4 is 0 Å². The highest BCUT2D eigenvalue weighted by atomic mass is 16.5. The molecule has 1 saturated heterocycles. The Kier molecular flexibility index (Phi) is 2.93. The predicted octanol–water partition coefficient (Wildman–Crippen LogP) is 1.13. The summed E-state index contributed by atoms with van der Waals surface area (Å²) in [5.74, 6) is 0.798. The maximum atomic E-state index is 5.41. The van der Waals surface area contributed by atoms with Crippen LogP contribution in [-0.4, -0.2) is 40.8 Å². The number of ether oxygens (including phenoxy) is 1. The highest BCUT2D eigenvalue weighted by Gasteiger charge is 2.19. The summed E-state index contributed by atoms with van der Waals surface area (Å²) in [4.78, 5) is 6.73. The summed E-state index contributed by atoms with van der Waals surface area (Å²) in [6, 6.07) is 0. The first kappa shape index (κ1) is 10.3. The molecule has 0 radical (unpaired) electrons. The van der Waals surface area contributed by atoms with Gasteiger partial charge in [-0.25, -0.2) is 4.98 Å². The Morgan fingerprint density at radius 1 is 1.44 bits per heavy atom. The summed E-state index contributed by atoms with van der Waals surface area (Å²) >= 11 is 0. The predicted molar refractivity (Wildman–Crippen MR) is 61.0 cm³/mol. The van der Waals surface area contributed by atoms with Crippen molar-refractivity contribution in [2.24, 2.45) is 5.92 Å². The number of nitrogens with zero attached hydrogens (tertiary/aromatic N) is 3. The normalized spacial score (nSPS) is 25.9. The van der Waals surface area contributed by atoms with Crippen molar-refractivity contribution < 1.29 is 4.74 Å². The number of fused-ring (bicyclic) bond motifs is 1. The maximum Gasteiger partial charge on any atom is 0.0949 e. The number of hydrogen-bond donors (Lipinski definition) is 0. The number of imidazole rings is 1. The Morgan fingerprint density at radius 3 is 3.31 bits per heavy atom. The van der Waals surface area contributed by atoms with E-state index < -0.39 is 0 Å². The molecule has 1 aromatic rings. The molecule has 4 nitrogen and oxygen atoms in total. The zero-order chi connectivity index (χ0) is 10.8. The lowest BCUT2D eigenvalue weighted by Gasteiger charge is -2.28. The van der Waals surface area contributed by atoms with Crippen molar-refractivity contribution in [2.45, 2.75) is 25.9 Å². The molecule has 1 unspecified atom stereocenters. The van der Waals surface area contributed by atoms with Crippen LogP contribution in [0, 0.1) is 5.92 Å². The minimum atomic E-state index is 0.798. The van der Waals surface area contributed by atoms with E-state index in [1.54, 1.807) is 0 Å². The molecule has 2 aliphatic heterocycles. The van der Waals surface area contributed by atoms with Crippen LogP contribution in [0.5, 0.6) is 0 Å². The van der Waals surface area contributed by atoms with E-state index in [9.17, 15) is 0 Å². The number of hydrogen-bond acceptors (Lipinski definition) is 3. The lowest BCUT2D eigenvalue weighted by molar-refractivity contribution is 0.171. The minimum absolute atomic E-state index is 0.798. The van der Waals surface area contributed by atoms with Gasteiger partial charge in [0.15, 0.2) is 0 Å². The molecule has 16 heavy (non-hydrogen) atoms. The monoisotopic (exact) mass is 221 g/mol. The summed E-state index contributed by atoms with van der Waals surface area (Å²) in [5, 5.41) is 0. The highest BCUT2D eigenvalue weighted by Crippen LogP contribution is 2.18. The Balaban J connectivity index is 1.50. The molecule has 0 spiro atoms. The third-order valence-corrected chi connectivity index (χ3v) is 3.72. The second kappa shape index (κ2) is 4.55. The van der Waals surface area contributed by atoms with Gasteiger partial charge in [0.1, 0.15) is 0 Å². The van der Waals surface area contributed by atoms with Gasteiger partial charge < -0.3 is 9.30 Å². The van der Waals surface area contributed by atoms with Gasteiger partial charge in [0.2, 0.25) is 0 Å². The van der Waals surface area contributed by atoms with Crippen LogP contribution in [0.25, 0.3) is 0 Å². The zero-order valence-electron chi connectivity index (χ0n) is 9.64. The first-order chi connectivity index (χ1) is 7.92. The van der Waals surface area contributed by atoms with Crippen molar-refractivity contribution >= 4 is 0 Å². The van der Waals surface area contributed by atoms with E-state index in [1.807, 2.05) is 12.5 Å². The summed E-state index contributed by atoms with van der Waals surface area (Å²) < 4.78 is 7.67. The van der Waals surface area contributed by atoms with Gasteiger partial charge in [-0.3, -0.25) is 4.90 Å². The van der Waals surface area contributed by atoms with Crippen molar-refractivity contribution in [3.63, 3.8) is 0 Å². The molecule has 1 aromatic heterocycles. The fraction of sp³-hybridized carbons (Fsp3) is 0.750. The van der Waals surface area contributed by atoms with Gasteiger partial charge in [-0.1, -0.05) is 0 Å². The summed E-state index contributed by atoms with van der Waals surface area (Å²) in [5.41, 5.74) is 1.36. The molecule has 1 atom stereocenters. The van der Waals surface area contributed by atoms with E-state index in [-0.39, 0.29) is 0 Å². The Labute approximate surface area is 96.2 Å². The molecule has 1 fully saturated rings. The smallest absolute Gasteiger partial charge is 0.0949 e. The third-order valence-electron chi connectivity index (χ3n) is 3.72. The fourth-order valence-corrected chi connectivity index (χ4v) is 2.61. The number of rotatable bonds is 3. The van der Waals surface area contributed by atoms with E-state index >= 15 is 0 Å². The summed E-state index contributed by atoms with van der Waals surface area (Å²) in [7, 11) is 0. The molecule has 0 aromatic carbocycles. The SMILES string of the molecule is c1ncn2c1CN(CCC1CCOC1)CC2. The van der Waals surface area contributed by atoms with Gasteiger partial charge in [0.05, 0.1) is 12.0 Å². The molecule has 88 valence electrons. The van der Waals surface area contributed by atoms with E-state index in [0.717, 1.165) is 38.8 Å². The fourth-order valence-electron chi connectivity index (χ4n) is 2.61. The molecule has 0 aliphatic carbocycles. The number of aromatic nitrogens is 2.